The molecule has 1 heterocycles. The summed E-state index contributed by atoms with van der Waals surface area (Å²) in [5, 5.41) is 10.6. The Labute approximate surface area is 151 Å². The molecule has 1 N–H and O–H groups in total. The molecule has 0 aliphatic carbocycles. The van der Waals surface area contributed by atoms with Gasteiger partial charge in [0, 0.05) is 0 Å². The second-order valence-electron chi connectivity index (χ2n) is 6.07. The molecule has 0 bridgehead atoms. The van der Waals surface area contributed by atoms with Gasteiger partial charge in [0.15, 0.2) is 0 Å². The molecule has 0 amide bonds. The van der Waals surface area contributed by atoms with Crippen LogP contribution in [0.5, 0.6) is 0 Å². The van der Waals surface area contributed by atoms with Gasteiger partial charge >= 0.3 is 5.97 Å². The molecule has 2 atom stereocenters. The van der Waals surface area contributed by atoms with E-state index in [-0.39, 0.29) is 6.04 Å². The van der Waals surface area contributed by atoms with Gasteiger partial charge in [-0.15, -0.1) is 0 Å². The predicted molar refractivity (Wildman–Crippen MR) is 96.7 cm³/mol. The Morgan fingerprint density at radius 3 is 2.46 bits per heavy atom. The lowest BCUT2D eigenvalue weighted by atomic mass is 9.92. The molecule has 0 saturated carbocycles. The maximum atomic E-state index is 11.8. The van der Waals surface area contributed by atoms with Gasteiger partial charge in [-0.25, -0.2) is 0 Å². The number of hydrogen-bond donors (Lipinski definition) is 1. The minimum absolute atomic E-state index is 0.151. The first-order valence-corrected chi connectivity index (χ1v) is 8.82. The Morgan fingerprint density at radius 2 is 1.79 bits per heavy atom. The lowest BCUT2D eigenvalue weighted by Crippen LogP contribution is -2.46. The van der Waals surface area contributed by atoms with Crippen molar-refractivity contribution < 1.29 is 9.90 Å². The Bertz CT molecular complexity index is 721. The van der Waals surface area contributed by atoms with Crippen LogP contribution in [0.1, 0.15) is 36.4 Å². The van der Waals surface area contributed by atoms with Crippen LogP contribution >= 0.6 is 23.2 Å². The maximum Gasteiger partial charge on any atom is 0.320 e. The molecule has 3 nitrogen and oxygen atoms in total. The van der Waals surface area contributed by atoms with Gasteiger partial charge < -0.3 is 5.11 Å². The molecular weight excluding hydrogens is 345 g/mol. The third-order valence-corrected chi connectivity index (χ3v) is 5.27. The van der Waals surface area contributed by atoms with Crippen LogP contribution in [0.4, 0.5) is 0 Å². The normalized spacial score (nSPS) is 19.8. The van der Waals surface area contributed by atoms with Crippen LogP contribution in [0.15, 0.2) is 48.5 Å². The average Bonchev–Trinajstić information content (AvgIpc) is 2.59. The molecule has 0 aromatic heterocycles. The van der Waals surface area contributed by atoms with Gasteiger partial charge in [-0.1, -0.05) is 66.0 Å². The summed E-state index contributed by atoms with van der Waals surface area (Å²) in [5.41, 5.74) is 2.02. The number of carboxylic acids is 1. The molecule has 0 spiro atoms. The molecule has 24 heavy (non-hydrogen) atoms. The lowest BCUT2D eigenvalue weighted by Gasteiger charge is -2.39. The molecule has 0 radical (unpaired) electrons. The van der Waals surface area contributed by atoms with Gasteiger partial charge in [0.2, 0.25) is 0 Å². The fourth-order valence-corrected chi connectivity index (χ4v) is 3.73. The fraction of sp³-hybridized carbons (Fsp3) is 0.316. The van der Waals surface area contributed by atoms with Crippen molar-refractivity contribution in [3.63, 3.8) is 0 Å². The summed E-state index contributed by atoms with van der Waals surface area (Å²) in [5.74, 6) is -0.768. The van der Waals surface area contributed by atoms with Crippen LogP contribution in [0, 0.1) is 0 Å². The third kappa shape index (κ3) is 3.59. The largest absolute Gasteiger partial charge is 0.480 e. The second kappa shape index (κ2) is 7.56. The highest BCUT2D eigenvalue weighted by Crippen LogP contribution is 2.36. The fourth-order valence-electron chi connectivity index (χ4n) is 3.42. The Balaban J connectivity index is 2.07. The number of hydrogen-bond acceptors (Lipinski definition) is 2. The summed E-state index contributed by atoms with van der Waals surface area (Å²) in [6.07, 6.45) is 2.60. The zero-order valence-electron chi connectivity index (χ0n) is 13.2. The number of carboxylic acid groups (broad SMARTS) is 1. The van der Waals surface area contributed by atoms with Crippen LogP contribution < -0.4 is 0 Å². The highest BCUT2D eigenvalue weighted by atomic mass is 35.5. The average molecular weight is 364 g/mol. The molecule has 1 saturated heterocycles. The van der Waals surface area contributed by atoms with Crippen molar-refractivity contribution in [2.45, 2.75) is 31.3 Å². The molecule has 1 aliphatic rings. The summed E-state index contributed by atoms with van der Waals surface area (Å²) in [6.45, 7) is 0.747. The minimum Gasteiger partial charge on any atom is -0.480 e. The van der Waals surface area contributed by atoms with Crippen molar-refractivity contribution in [3.05, 3.63) is 69.7 Å². The number of benzene rings is 2. The van der Waals surface area contributed by atoms with E-state index in [1.165, 1.54) is 0 Å². The number of piperidine rings is 1. The van der Waals surface area contributed by atoms with E-state index in [0.717, 1.165) is 30.5 Å². The lowest BCUT2D eigenvalue weighted by molar-refractivity contribution is -0.145. The van der Waals surface area contributed by atoms with E-state index in [1.54, 1.807) is 6.07 Å². The summed E-state index contributed by atoms with van der Waals surface area (Å²) >= 11 is 12.3. The third-order valence-electron chi connectivity index (χ3n) is 4.54. The smallest absolute Gasteiger partial charge is 0.320 e. The zero-order valence-corrected chi connectivity index (χ0v) is 14.7. The van der Waals surface area contributed by atoms with Crippen LogP contribution in [-0.2, 0) is 4.79 Å². The number of aliphatic carboxylic acids is 1. The first-order valence-electron chi connectivity index (χ1n) is 8.06. The Hall–Kier alpha value is -1.55. The standard InChI is InChI=1S/C19H19Cl2NO2/c20-15-10-9-14(12-16(15)21)18(13-6-2-1-3-7-13)22-11-5-4-8-17(22)19(23)24/h1-3,6-7,9-10,12,17-18H,4-5,8,11H2,(H,23,24). The monoisotopic (exact) mass is 363 g/mol. The van der Waals surface area contributed by atoms with Crippen molar-refractivity contribution >= 4 is 29.2 Å². The molecule has 3 rings (SSSR count). The molecule has 1 aliphatic heterocycles. The van der Waals surface area contributed by atoms with E-state index in [9.17, 15) is 9.90 Å². The van der Waals surface area contributed by atoms with Gasteiger partial charge in [0.05, 0.1) is 16.1 Å². The van der Waals surface area contributed by atoms with Crippen molar-refractivity contribution in [3.8, 4) is 0 Å². The topological polar surface area (TPSA) is 40.5 Å². The predicted octanol–water partition coefficient (Wildman–Crippen LogP) is 5.02. The van der Waals surface area contributed by atoms with E-state index in [0.29, 0.717) is 16.5 Å². The first-order chi connectivity index (χ1) is 11.6. The van der Waals surface area contributed by atoms with Gasteiger partial charge in [-0.05, 0) is 42.6 Å². The summed E-state index contributed by atoms with van der Waals surface area (Å²) in [6, 6.07) is 14.9. The molecule has 126 valence electrons. The van der Waals surface area contributed by atoms with Gasteiger partial charge in [0.1, 0.15) is 6.04 Å². The van der Waals surface area contributed by atoms with Crippen molar-refractivity contribution in [2.75, 3.05) is 6.54 Å². The van der Waals surface area contributed by atoms with Crippen LogP contribution in [0.3, 0.4) is 0 Å². The van der Waals surface area contributed by atoms with E-state index in [2.05, 4.69) is 4.90 Å². The highest BCUT2D eigenvalue weighted by Gasteiger charge is 2.35. The minimum atomic E-state index is -0.768. The number of nitrogens with zero attached hydrogens (tertiary/aromatic N) is 1. The van der Waals surface area contributed by atoms with Gasteiger partial charge in [-0.2, -0.15) is 0 Å². The molecule has 2 unspecified atom stereocenters. The van der Waals surface area contributed by atoms with Crippen molar-refractivity contribution in [2.24, 2.45) is 0 Å². The number of carbonyl (C=O) groups is 1. The van der Waals surface area contributed by atoms with Crippen molar-refractivity contribution in [1.29, 1.82) is 0 Å². The highest BCUT2D eigenvalue weighted by molar-refractivity contribution is 6.42. The molecule has 2 aromatic rings. The number of rotatable bonds is 4. The quantitative estimate of drug-likeness (QED) is 0.828. The summed E-state index contributed by atoms with van der Waals surface area (Å²) in [7, 11) is 0. The van der Waals surface area contributed by atoms with Crippen LogP contribution in [0.25, 0.3) is 0 Å². The Kier molecular flexibility index (Phi) is 5.44. The molecule has 5 heteroatoms. The van der Waals surface area contributed by atoms with E-state index in [1.807, 2.05) is 42.5 Å². The van der Waals surface area contributed by atoms with Crippen LogP contribution in [0.2, 0.25) is 10.0 Å². The first kappa shape index (κ1) is 17.3. The van der Waals surface area contributed by atoms with Gasteiger partial charge in [-0.3, -0.25) is 9.69 Å². The molecule has 2 aromatic carbocycles. The zero-order chi connectivity index (χ0) is 17.1. The van der Waals surface area contributed by atoms with Crippen LogP contribution in [-0.4, -0.2) is 28.6 Å². The van der Waals surface area contributed by atoms with E-state index >= 15 is 0 Å². The number of likely N-dealkylation sites (tertiary alicyclic amines) is 1. The SMILES string of the molecule is O=C(O)C1CCCCN1C(c1ccccc1)c1ccc(Cl)c(Cl)c1. The molecule has 1 fully saturated rings. The van der Waals surface area contributed by atoms with Gasteiger partial charge in [0.25, 0.3) is 0 Å². The van der Waals surface area contributed by atoms with Crippen molar-refractivity contribution in [1.82, 2.24) is 4.90 Å². The van der Waals surface area contributed by atoms with E-state index < -0.39 is 12.0 Å². The molecular formula is C19H19Cl2NO2. The Morgan fingerprint density at radius 1 is 1.04 bits per heavy atom. The number of halogens is 2. The second-order valence-corrected chi connectivity index (χ2v) is 6.89. The maximum absolute atomic E-state index is 11.8. The summed E-state index contributed by atoms with van der Waals surface area (Å²) < 4.78 is 0. The summed E-state index contributed by atoms with van der Waals surface area (Å²) in [4.78, 5) is 13.8. The van der Waals surface area contributed by atoms with E-state index in [4.69, 9.17) is 23.2 Å².